The molecular weight excluding hydrogens is 393 g/mol. The Morgan fingerprint density at radius 1 is 1.40 bits per heavy atom. The highest BCUT2D eigenvalue weighted by Crippen LogP contribution is 2.37. The molecular formula is C18H13BrFNO4. The molecule has 0 aromatic heterocycles. The summed E-state index contributed by atoms with van der Waals surface area (Å²) >= 11 is 3.29. The van der Waals surface area contributed by atoms with Crippen LogP contribution >= 0.6 is 15.9 Å². The molecule has 0 amide bonds. The van der Waals surface area contributed by atoms with E-state index in [4.69, 9.17) is 14.6 Å². The summed E-state index contributed by atoms with van der Waals surface area (Å²) in [6, 6.07) is 11.1. The molecule has 1 N–H and O–H groups in total. The fraction of sp³-hybridized carbons (Fsp3) is 0.111. The minimum Gasteiger partial charge on any atom is -0.493 e. The third kappa shape index (κ3) is 4.58. The topological polar surface area (TPSA) is 79.5 Å². The van der Waals surface area contributed by atoms with E-state index in [1.807, 2.05) is 6.07 Å². The van der Waals surface area contributed by atoms with Gasteiger partial charge in [0.1, 0.15) is 5.82 Å². The number of rotatable bonds is 6. The molecule has 0 radical (unpaired) electrons. The van der Waals surface area contributed by atoms with E-state index in [1.54, 1.807) is 24.3 Å². The Morgan fingerprint density at radius 2 is 2.12 bits per heavy atom. The molecule has 25 heavy (non-hydrogen) atoms. The third-order valence-electron chi connectivity index (χ3n) is 3.19. The largest absolute Gasteiger partial charge is 0.493 e. The number of nitriles is 1. The van der Waals surface area contributed by atoms with Crippen molar-refractivity contribution < 1.29 is 23.8 Å². The number of methoxy groups -OCH3 is 1. The average Bonchev–Trinajstić information content (AvgIpc) is 2.58. The fourth-order valence-corrected chi connectivity index (χ4v) is 2.69. The van der Waals surface area contributed by atoms with E-state index in [1.165, 1.54) is 25.3 Å². The lowest BCUT2D eigenvalue weighted by atomic mass is 10.0. The van der Waals surface area contributed by atoms with Crippen LogP contribution in [0.1, 0.15) is 11.1 Å². The Balaban J connectivity index is 2.46. The first-order valence-corrected chi connectivity index (χ1v) is 7.84. The molecule has 7 heteroatoms. The Morgan fingerprint density at radius 3 is 2.72 bits per heavy atom. The zero-order chi connectivity index (χ0) is 18.4. The standard InChI is InChI=1S/C18H13BrFNO4/c1-24-16-8-11(7-14(19)18(16)25-10-17(22)23)6-12(9-21)13-4-2-3-5-15(13)20/h2-8H,10H2,1H3,(H,22,23). The van der Waals surface area contributed by atoms with Crippen LogP contribution in [0.3, 0.4) is 0 Å². The van der Waals surface area contributed by atoms with Crippen LogP contribution in [0.25, 0.3) is 11.6 Å². The summed E-state index contributed by atoms with van der Waals surface area (Å²) in [5, 5.41) is 18.1. The first-order valence-electron chi connectivity index (χ1n) is 7.05. The van der Waals surface area contributed by atoms with E-state index in [2.05, 4.69) is 15.9 Å². The molecule has 0 saturated carbocycles. The van der Waals surface area contributed by atoms with Crippen molar-refractivity contribution in [2.45, 2.75) is 0 Å². The van der Waals surface area contributed by atoms with Crippen molar-refractivity contribution in [1.82, 2.24) is 0 Å². The van der Waals surface area contributed by atoms with Crippen LogP contribution in [-0.4, -0.2) is 24.8 Å². The molecule has 0 spiro atoms. The number of hydrogen-bond acceptors (Lipinski definition) is 4. The van der Waals surface area contributed by atoms with E-state index in [0.29, 0.717) is 10.0 Å². The van der Waals surface area contributed by atoms with E-state index in [-0.39, 0.29) is 22.6 Å². The molecule has 0 atom stereocenters. The van der Waals surface area contributed by atoms with Gasteiger partial charge in [-0.05, 0) is 45.8 Å². The predicted octanol–water partition coefficient (Wildman–Crippen LogP) is 4.12. The zero-order valence-corrected chi connectivity index (χ0v) is 14.7. The van der Waals surface area contributed by atoms with E-state index < -0.39 is 18.4 Å². The van der Waals surface area contributed by atoms with E-state index in [0.717, 1.165) is 0 Å². The minimum absolute atomic E-state index is 0.145. The number of carboxylic acid groups (broad SMARTS) is 1. The van der Waals surface area contributed by atoms with Crippen molar-refractivity contribution in [1.29, 1.82) is 5.26 Å². The number of aliphatic carboxylic acids is 1. The number of ether oxygens (including phenoxy) is 2. The van der Waals surface area contributed by atoms with Crippen LogP contribution in [0.5, 0.6) is 11.5 Å². The summed E-state index contributed by atoms with van der Waals surface area (Å²) in [7, 11) is 1.41. The van der Waals surface area contributed by atoms with Crippen molar-refractivity contribution >= 4 is 33.5 Å². The van der Waals surface area contributed by atoms with Gasteiger partial charge in [0.25, 0.3) is 0 Å². The number of allylic oxidation sites excluding steroid dienone is 1. The summed E-state index contributed by atoms with van der Waals surface area (Å²) in [6.45, 7) is -0.525. The second kappa shape index (κ2) is 8.31. The molecule has 0 heterocycles. The Kier molecular flexibility index (Phi) is 6.14. The number of hydrogen-bond donors (Lipinski definition) is 1. The van der Waals surface area contributed by atoms with Gasteiger partial charge < -0.3 is 14.6 Å². The van der Waals surface area contributed by atoms with Crippen molar-refractivity contribution in [2.75, 3.05) is 13.7 Å². The number of carboxylic acids is 1. The Labute approximate surface area is 152 Å². The number of benzene rings is 2. The normalized spacial score (nSPS) is 10.9. The zero-order valence-electron chi connectivity index (χ0n) is 13.1. The van der Waals surface area contributed by atoms with Gasteiger partial charge >= 0.3 is 5.97 Å². The first kappa shape index (κ1) is 18.5. The highest BCUT2D eigenvalue weighted by Gasteiger charge is 2.14. The second-order valence-electron chi connectivity index (χ2n) is 4.87. The summed E-state index contributed by atoms with van der Waals surface area (Å²) in [5.74, 6) is -1.11. The molecule has 0 fully saturated rings. The fourth-order valence-electron chi connectivity index (χ4n) is 2.11. The molecule has 0 aliphatic rings. The van der Waals surface area contributed by atoms with Gasteiger partial charge in [-0.2, -0.15) is 5.26 Å². The van der Waals surface area contributed by atoms with Crippen LogP contribution in [0.2, 0.25) is 0 Å². The highest BCUT2D eigenvalue weighted by atomic mass is 79.9. The smallest absolute Gasteiger partial charge is 0.341 e. The first-order chi connectivity index (χ1) is 12.0. The number of nitrogens with zero attached hydrogens (tertiary/aromatic N) is 1. The van der Waals surface area contributed by atoms with Crippen LogP contribution in [-0.2, 0) is 4.79 Å². The summed E-state index contributed by atoms with van der Waals surface area (Å²) in [4.78, 5) is 10.7. The molecule has 0 unspecified atom stereocenters. The van der Waals surface area contributed by atoms with Gasteiger partial charge in [-0.3, -0.25) is 0 Å². The second-order valence-corrected chi connectivity index (χ2v) is 5.72. The van der Waals surface area contributed by atoms with Crippen molar-refractivity contribution in [3.63, 3.8) is 0 Å². The molecule has 2 aromatic carbocycles. The average molecular weight is 406 g/mol. The molecule has 0 aliphatic carbocycles. The highest BCUT2D eigenvalue weighted by molar-refractivity contribution is 9.10. The Hall–Kier alpha value is -2.85. The molecule has 0 aliphatic heterocycles. The maximum atomic E-state index is 13.9. The molecule has 5 nitrogen and oxygen atoms in total. The summed E-state index contributed by atoms with van der Waals surface area (Å²) in [5.41, 5.74) is 0.892. The molecule has 2 rings (SSSR count). The van der Waals surface area contributed by atoms with Crippen molar-refractivity contribution in [3.05, 3.63) is 57.8 Å². The van der Waals surface area contributed by atoms with Crippen LogP contribution in [0.4, 0.5) is 4.39 Å². The number of carbonyl (C=O) groups is 1. The van der Waals surface area contributed by atoms with Gasteiger partial charge in [0.2, 0.25) is 0 Å². The molecule has 0 bridgehead atoms. The van der Waals surface area contributed by atoms with E-state index >= 15 is 0 Å². The lowest BCUT2D eigenvalue weighted by molar-refractivity contribution is -0.139. The molecule has 2 aromatic rings. The van der Waals surface area contributed by atoms with Gasteiger partial charge in [0, 0.05) is 5.56 Å². The van der Waals surface area contributed by atoms with Gasteiger partial charge in [0.05, 0.1) is 23.2 Å². The van der Waals surface area contributed by atoms with E-state index in [9.17, 15) is 14.4 Å². The lowest BCUT2D eigenvalue weighted by Crippen LogP contribution is -2.10. The lowest BCUT2D eigenvalue weighted by Gasteiger charge is -2.12. The van der Waals surface area contributed by atoms with Gasteiger partial charge in [0.15, 0.2) is 18.1 Å². The maximum absolute atomic E-state index is 13.9. The predicted molar refractivity (Wildman–Crippen MR) is 93.7 cm³/mol. The van der Waals surface area contributed by atoms with Gasteiger partial charge in [-0.25, -0.2) is 9.18 Å². The summed E-state index contributed by atoms with van der Waals surface area (Å²) in [6.07, 6.45) is 1.51. The van der Waals surface area contributed by atoms with Crippen LogP contribution in [0.15, 0.2) is 40.9 Å². The molecule has 0 saturated heterocycles. The van der Waals surface area contributed by atoms with Crippen LogP contribution < -0.4 is 9.47 Å². The maximum Gasteiger partial charge on any atom is 0.341 e. The minimum atomic E-state index is -1.12. The van der Waals surface area contributed by atoms with Gasteiger partial charge in [-0.1, -0.05) is 18.2 Å². The third-order valence-corrected chi connectivity index (χ3v) is 3.78. The molecule has 128 valence electrons. The number of halogens is 2. The van der Waals surface area contributed by atoms with Crippen LogP contribution in [0, 0.1) is 17.1 Å². The quantitative estimate of drug-likeness (QED) is 0.577. The van der Waals surface area contributed by atoms with Crippen molar-refractivity contribution in [3.8, 4) is 17.6 Å². The van der Waals surface area contributed by atoms with Gasteiger partial charge in [-0.15, -0.1) is 0 Å². The Bertz CT molecular complexity index is 874. The SMILES string of the molecule is COc1cc(C=C(C#N)c2ccccc2F)cc(Br)c1OCC(=O)O. The summed E-state index contributed by atoms with van der Waals surface area (Å²) < 4.78 is 24.7. The van der Waals surface area contributed by atoms with Crippen molar-refractivity contribution in [2.24, 2.45) is 0 Å². The monoisotopic (exact) mass is 405 g/mol.